The SMILES string of the molecule is COc1ccc(CN([C@H]2CCN(C(=O)OCc3ccccc3)[C@H]2CO)S(=O)(=O)N(C)C)cc1. The van der Waals surface area contributed by atoms with Gasteiger partial charge in [0.25, 0.3) is 10.2 Å². The molecule has 10 heteroatoms. The molecule has 0 aliphatic carbocycles. The van der Waals surface area contributed by atoms with Crippen molar-refractivity contribution in [2.45, 2.75) is 31.7 Å². The van der Waals surface area contributed by atoms with E-state index in [2.05, 4.69) is 0 Å². The van der Waals surface area contributed by atoms with Crippen LogP contribution in [0.1, 0.15) is 17.5 Å². The second-order valence-corrected chi connectivity index (χ2v) is 10.1. The fourth-order valence-corrected chi connectivity index (χ4v) is 5.23. The molecule has 2 aromatic rings. The van der Waals surface area contributed by atoms with E-state index in [9.17, 15) is 18.3 Å². The van der Waals surface area contributed by atoms with Gasteiger partial charge in [0.15, 0.2) is 0 Å². The summed E-state index contributed by atoms with van der Waals surface area (Å²) >= 11 is 0. The first-order chi connectivity index (χ1) is 15.8. The number of nitrogens with zero attached hydrogens (tertiary/aromatic N) is 3. The van der Waals surface area contributed by atoms with Crippen molar-refractivity contribution in [2.24, 2.45) is 0 Å². The monoisotopic (exact) mass is 477 g/mol. The highest BCUT2D eigenvalue weighted by atomic mass is 32.2. The highest BCUT2D eigenvalue weighted by Gasteiger charge is 2.45. The molecule has 0 aromatic heterocycles. The number of rotatable bonds is 9. The topological polar surface area (TPSA) is 99.6 Å². The van der Waals surface area contributed by atoms with Gasteiger partial charge in [-0.1, -0.05) is 42.5 Å². The van der Waals surface area contributed by atoms with Crippen LogP contribution < -0.4 is 4.74 Å². The standard InChI is InChI=1S/C23H31N3O6S/c1-24(2)33(29,30)26(15-18-9-11-20(31-3)12-10-18)21-13-14-25(22(21)16-27)23(28)32-17-19-7-5-4-6-8-19/h4-12,21-22,27H,13-17H2,1-3H3/t21-,22-/m0/s1. The molecule has 0 unspecified atom stereocenters. The summed E-state index contributed by atoms with van der Waals surface area (Å²) in [4.78, 5) is 14.2. The Balaban J connectivity index is 1.79. The molecule has 1 aliphatic rings. The first-order valence-electron chi connectivity index (χ1n) is 10.7. The van der Waals surface area contributed by atoms with E-state index >= 15 is 0 Å². The number of aliphatic hydroxyl groups is 1. The Morgan fingerprint density at radius 3 is 2.33 bits per heavy atom. The van der Waals surface area contributed by atoms with Gasteiger partial charge in [0.2, 0.25) is 0 Å². The van der Waals surface area contributed by atoms with Crippen molar-refractivity contribution < 1.29 is 27.8 Å². The van der Waals surface area contributed by atoms with Gasteiger partial charge in [-0.15, -0.1) is 0 Å². The summed E-state index contributed by atoms with van der Waals surface area (Å²) in [6, 6.07) is 15.1. The number of carbonyl (C=O) groups is 1. The third-order valence-corrected chi connectivity index (χ3v) is 7.68. The Hall–Kier alpha value is -2.66. The number of hydrogen-bond donors (Lipinski definition) is 1. The van der Waals surface area contributed by atoms with Crippen molar-refractivity contribution in [2.75, 3.05) is 34.4 Å². The summed E-state index contributed by atoms with van der Waals surface area (Å²) in [6.45, 7) is 0.0991. The third kappa shape index (κ3) is 5.83. The lowest BCUT2D eigenvalue weighted by atomic mass is 10.1. The minimum atomic E-state index is -3.84. The zero-order chi connectivity index (χ0) is 24.0. The van der Waals surface area contributed by atoms with E-state index in [1.165, 1.54) is 23.3 Å². The maximum Gasteiger partial charge on any atom is 0.410 e. The fourth-order valence-electron chi connectivity index (χ4n) is 3.91. The minimum Gasteiger partial charge on any atom is -0.497 e. The molecule has 0 bridgehead atoms. The molecule has 9 nitrogen and oxygen atoms in total. The molecular weight excluding hydrogens is 446 g/mol. The van der Waals surface area contributed by atoms with Crippen LogP contribution in [0.2, 0.25) is 0 Å². The van der Waals surface area contributed by atoms with Gasteiger partial charge in [0.05, 0.1) is 25.8 Å². The van der Waals surface area contributed by atoms with Gasteiger partial charge in [0.1, 0.15) is 12.4 Å². The first kappa shape index (κ1) is 25.0. The van der Waals surface area contributed by atoms with E-state index in [-0.39, 0.29) is 26.3 Å². The minimum absolute atomic E-state index is 0.0958. The molecule has 0 saturated carbocycles. The summed E-state index contributed by atoms with van der Waals surface area (Å²) in [6.07, 6.45) is -0.193. The summed E-state index contributed by atoms with van der Waals surface area (Å²) < 4.78 is 39.5. The van der Waals surface area contributed by atoms with E-state index in [0.717, 1.165) is 15.4 Å². The summed E-state index contributed by atoms with van der Waals surface area (Å²) in [5.74, 6) is 0.669. The Labute approximate surface area is 195 Å². The van der Waals surface area contributed by atoms with Crippen molar-refractivity contribution >= 4 is 16.3 Å². The van der Waals surface area contributed by atoms with Crippen molar-refractivity contribution in [3.05, 3.63) is 65.7 Å². The molecule has 1 aliphatic heterocycles. The highest BCUT2D eigenvalue weighted by Crippen LogP contribution is 2.29. The molecule has 2 atom stereocenters. The first-order valence-corrected chi connectivity index (χ1v) is 12.1. The summed E-state index contributed by atoms with van der Waals surface area (Å²) in [5.41, 5.74) is 1.61. The predicted octanol–water partition coefficient (Wildman–Crippen LogP) is 2.08. The van der Waals surface area contributed by atoms with Gasteiger partial charge >= 0.3 is 6.09 Å². The number of likely N-dealkylation sites (tertiary alicyclic amines) is 1. The molecule has 1 fully saturated rings. The molecule has 1 N–H and O–H groups in total. The van der Waals surface area contributed by atoms with Gasteiger partial charge in [-0.25, -0.2) is 4.79 Å². The molecule has 1 heterocycles. The van der Waals surface area contributed by atoms with Crippen LogP contribution in [0.3, 0.4) is 0 Å². The quantitative estimate of drug-likeness (QED) is 0.594. The molecule has 1 amide bonds. The summed E-state index contributed by atoms with van der Waals surface area (Å²) in [7, 11) is 0.652. The number of carbonyl (C=O) groups excluding carboxylic acids is 1. The van der Waals surface area contributed by atoms with Crippen LogP contribution in [0.15, 0.2) is 54.6 Å². The predicted molar refractivity (Wildman–Crippen MR) is 124 cm³/mol. The second kappa shape index (κ2) is 11.0. The largest absolute Gasteiger partial charge is 0.497 e. The van der Waals surface area contributed by atoms with Crippen molar-refractivity contribution in [3.8, 4) is 5.75 Å². The lowest BCUT2D eigenvalue weighted by molar-refractivity contribution is 0.0691. The van der Waals surface area contributed by atoms with E-state index in [1.807, 2.05) is 30.3 Å². The Morgan fingerprint density at radius 1 is 1.09 bits per heavy atom. The van der Waals surface area contributed by atoms with Gasteiger partial charge in [0, 0.05) is 27.2 Å². The van der Waals surface area contributed by atoms with E-state index < -0.39 is 28.4 Å². The van der Waals surface area contributed by atoms with Gasteiger partial charge < -0.3 is 19.5 Å². The molecule has 0 spiro atoms. The van der Waals surface area contributed by atoms with E-state index in [0.29, 0.717) is 12.2 Å². The lowest BCUT2D eigenvalue weighted by Crippen LogP contribution is -2.53. The Bertz CT molecular complexity index is 1010. The van der Waals surface area contributed by atoms with Crippen LogP contribution in [0, 0.1) is 0 Å². The Morgan fingerprint density at radius 2 is 1.76 bits per heavy atom. The van der Waals surface area contributed by atoms with Gasteiger partial charge in [-0.3, -0.25) is 0 Å². The molecule has 0 radical (unpaired) electrons. The van der Waals surface area contributed by atoms with Crippen molar-refractivity contribution in [1.29, 1.82) is 0 Å². The molecule has 33 heavy (non-hydrogen) atoms. The zero-order valence-corrected chi connectivity index (χ0v) is 19.9. The average molecular weight is 478 g/mol. The Kier molecular flexibility index (Phi) is 8.30. The molecule has 2 aromatic carbocycles. The summed E-state index contributed by atoms with van der Waals surface area (Å²) in [5, 5.41) is 10.1. The van der Waals surface area contributed by atoms with Crippen LogP contribution in [-0.4, -0.2) is 79.6 Å². The van der Waals surface area contributed by atoms with Crippen LogP contribution >= 0.6 is 0 Å². The number of aliphatic hydroxyl groups excluding tert-OH is 1. The number of ether oxygens (including phenoxy) is 2. The maximum atomic E-state index is 13.2. The fraction of sp³-hybridized carbons (Fsp3) is 0.435. The van der Waals surface area contributed by atoms with Crippen LogP contribution in [0.4, 0.5) is 4.79 Å². The molecule has 180 valence electrons. The second-order valence-electron chi connectivity index (χ2n) is 8.02. The number of benzene rings is 2. The van der Waals surface area contributed by atoms with Gasteiger partial charge in [-0.2, -0.15) is 17.0 Å². The zero-order valence-electron chi connectivity index (χ0n) is 19.1. The number of hydrogen-bond acceptors (Lipinski definition) is 6. The van der Waals surface area contributed by atoms with Crippen LogP contribution in [0.5, 0.6) is 5.75 Å². The van der Waals surface area contributed by atoms with Crippen molar-refractivity contribution in [1.82, 2.24) is 13.5 Å². The molecule has 1 saturated heterocycles. The molecular formula is C23H31N3O6S. The van der Waals surface area contributed by atoms with Gasteiger partial charge in [-0.05, 0) is 29.7 Å². The smallest absolute Gasteiger partial charge is 0.410 e. The average Bonchev–Trinajstić information content (AvgIpc) is 3.25. The van der Waals surface area contributed by atoms with E-state index in [4.69, 9.17) is 9.47 Å². The molecule has 3 rings (SSSR count). The highest BCUT2D eigenvalue weighted by molar-refractivity contribution is 7.86. The van der Waals surface area contributed by atoms with Crippen LogP contribution in [-0.2, 0) is 28.1 Å². The maximum absolute atomic E-state index is 13.2. The lowest BCUT2D eigenvalue weighted by Gasteiger charge is -2.35. The normalized spacial score (nSPS) is 18.7. The van der Waals surface area contributed by atoms with Crippen LogP contribution in [0.25, 0.3) is 0 Å². The van der Waals surface area contributed by atoms with E-state index in [1.54, 1.807) is 31.4 Å². The van der Waals surface area contributed by atoms with Crippen molar-refractivity contribution in [3.63, 3.8) is 0 Å². The third-order valence-electron chi connectivity index (χ3n) is 5.76. The number of amides is 1. The number of methoxy groups -OCH3 is 1.